The van der Waals surface area contributed by atoms with E-state index in [2.05, 4.69) is 5.32 Å². The molecule has 1 heterocycles. The Bertz CT molecular complexity index is 1050. The lowest BCUT2D eigenvalue weighted by atomic mass is 10.1. The summed E-state index contributed by atoms with van der Waals surface area (Å²) >= 11 is 1.28. The Morgan fingerprint density at radius 1 is 1.14 bits per heavy atom. The van der Waals surface area contributed by atoms with Crippen molar-refractivity contribution in [3.05, 3.63) is 76.0 Å². The summed E-state index contributed by atoms with van der Waals surface area (Å²) in [4.78, 5) is 25.4. The molecule has 0 aliphatic rings. The van der Waals surface area contributed by atoms with Crippen LogP contribution in [0.5, 0.6) is 0 Å². The first-order valence-electron chi connectivity index (χ1n) is 8.64. The van der Waals surface area contributed by atoms with Crippen molar-refractivity contribution in [2.75, 3.05) is 5.32 Å². The van der Waals surface area contributed by atoms with E-state index in [-0.39, 0.29) is 0 Å². The van der Waals surface area contributed by atoms with Crippen LogP contribution in [-0.4, -0.2) is 18.0 Å². The van der Waals surface area contributed by atoms with Crippen molar-refractivity contribution in [2.45, 2.75) is 20.0 Å². The van der Waals surface area contributed by atoms with Gasteiger partial charge in [0.2, 0.25) is 0 Å². The number of nitriles is 1. The number of rotatable bonds is 5. The number of nitrogens with zero attached hydrogens (tertiary/aromatic N) is 1. The molecule has 0 saturated carbocycles. The number of esters is 1. The molecule has 1 amide bonds. The number of ether oxygens (including phenoxy) is 1. The molecule has 140 valence electrons. The average molecular weight is 390 g/mol. The van der Waals surface area contributed by atoms with Crippen LogP contribution in [0.2, 0.25) is 0 Å². The molecule has 3 rings (SSSR count). The molecule has 2 aromatic carbocycles. The second kappa shape index (κ2) is 8.51. The fraction of sp³-hybridized carbons (Fsp3) is 0.136. The van der Waals surface area contributed by atoms with E-state index in [4.69, 9.17) is 10.00 Å². The van der Waals surface area contributed by atoms with Crippen LogP contribution in [0.25, 0.3) is 11.1 Å². The minimum Gasteiger partial charge on any atom is -0.448 e. The summed E-state index contributed by atoms with van der Waals surface area (Å²) < 4.78 is 5.37. The maximum atomic E-state index is 12.6. The molecule has 0 radical (unpaired) electrons. The maximum Gasteiger partial charge on any atom is 0.349 e. The van der Waals surface area contributed by atoms with E-state index in [0.717, 1.165) is 16.7 Å². The minimum atomic E-state index is -0.980. The van der Waals surface area contributed by atoms with E-state index in [0.29, 0.717) is 16.1 Å². The van der Waals surface area contributed by atoms with Gasteiger partial charge in [-0.25, -0.2) is 4.79 Å². The molecule has 0 aliphatic carbocycles. The summed E-state index contributed by atoms with van der Waals surface area (Å²) in [5.74, 6) is -1.00. The molecule has 5 nitrogen and oxygen atoms in total. The Kier molecular flexibility index (Phi) is 5.87. The van der Waals surface area contributed by atoms with Gasteiger partial charge in [0, 0.05) is 11.3 Å². The zero-order valence-electron chi connectivity index (χ0n) is 15.4. The molecular formula is C22H18N2O3S. The van der Waals surface area contributed by atoms with E-state index in [1.165, 1.54) is 18.3 Å². The summed E-state index contributed by atoms with van der Waals surface area (Å²) in [6.07, 6.45) is -0.980. The lowest BCUT2D eigenvalue weighted by Gasteiger charge is -2.14. The van der Waals surface area contributed by atoms with Crippen LogP contribution >= 0.6 is 11.3 Å². The van der Waals surface area contributed by atoms with Crippen LogP contribution in [0.15, 0.2) is 60.0 Å². The van der Waals surface area contributed by atoms with Crippen LogP contribution in [-0.2, 0) is 9.53 Å². The summed E-state index contributed by atoms with van der Waals surface area (Å²) in [6, 6.07) is 18.3. The third-order valence-corrected chi connectivity index (χ3v) is 5.02. The summed E-state index contributed by atoms with van der Waals surface area (Å²) in [6.45, 7) is 3.51. The van der Waals surface area contributed by atoms with Gasteiger partial charge in [0.25, 0.3) is 5.91 Å². The Labute approximate surface area is 167 Å². The Balaban J connectivity index is 1.69. The highest BCUT2D eigenvalue weighted by molar-refractivity contribution is 7.12. The van der Waals surface area contributed by atoms with Crippen LogP contribution in [0.3, 0.4) is 0 Å². The van der Waals surface area contributed by atoms with Crippen molar-refractivity contribution in [1.29, 1.82) is 5.26 Å². The largest absolute Gasteiger partial charge is 0.448 e. The molecule has 6 heteroatoms. The second-order valence-corrected chi connectivity index (χ2v) is 7.17. The molecule has 1 atom stereocenters. The van der Waals surface area contributed by atoms with E-state index in [1.807, 2.05) is 48.7 Å². The predicted molar refractivity (Wildman–Crippen MR) is 109 cm³/mol. The third-order valence-electron chi connectivity index (χ3n) is 4.13. The molecule has 0 fully saturated rings. The number of carbonyl (C=O) groups is 2. The molecule has 28 heavy (non-hydrogen) atoms. The molecule has 1 N–H and O–H groups in total. The van der Waals surface area contributed by atoms with Gasteiger partial charge >= 0.3 is 5.97 Å². The van der Waals surface area contributed by atoms with Crippen LogP contribution in [0.4, 0.5) is 5.69 Å². The lowest BCUT2D eigenvalue weighted by Crippen LogP contribution is -2.29. The van der Waals surface area contributed by atoms with Gasteiger partial charge in [-0.05, 0) is 49.1 Å². The highest BCUT2D eigenvalue weighted by atomic mass is 32.1. The van der Waals surface area contributed by atoms with Gasteiger partial charge in [0.1, 0.15) is 4.88 Å². The first kappa shape index (κ1) is 19.3. The smallest absolute Gasteiger partial charge is 0.349 e. The molecule has 0 bridgehead atoms. The van der Waals surface area contributed by atoms with E-state index in [1.54, 1.807) is 24.3 Å². The van der Waals surface area contributed by atoms with Crippen molar-refractivity contribution in [3.8, 4) is 17.2 Å². The molecule has 0 saturated heterocycles. The van der Waals surface area contributed by atoms with Gasteiger partial charge in [-0.3, -0.25) is 4.79 Å². The quantitative estimate of drug-likeness (QED) is 0.636. The van der Waals surface area contributed by atoms with E-state index >= 15 is 0 Å². The molecule has 0 unspecified atom stereocenters. The van der Waals surface area contributed by atoms with Crippen molar-refractivity contribution in [1.82, 2.24) is 0 Å². The van der Waals surface area contributed by atoms with Crippen molar-refractivity contribution in [3.63, 3.8) is 0 Å². The second-order valence-electron chi connectivity index (χ2n) is 6.26. The number of benzene rings is 2. The van der Waals surface area contributed by atoms with Gasteiger partial charge < -0.3 is 10.1 Å². The normalized spacial score (nSPS) is 11.3. The van der Waals surface area contributed by atoms with Gasteiger partial charge in [-0.1, -0.05) is 35.9 Å². The fourth-order valence-corrected chi connectivity index (χ4v) is 3.40. The third kappa shape index (κ3) is 4.45. The molecule has 3 aromatic rings. The van der Waals surface area contributed by atoms with E-state index in [9.17, 15) is 9.59 Å². The topological polar surface area (TPSA) is 79.2 Å². The Hall–Kier alpha value is -3.43. The highest BCUT2D eigenvalue weighted by Crippen LogP contribution is 2.29. The van der Waals surface area contributed by atoms with Crippen LogP contribution in [0.1, 0.15) is 27.7 Å². The first-order valence-corrected chi connectivity index (χ1v) is 9.52. The number of amides is 1. The van der Waals surface area contributed by atoms with Crippen molar-refractivity contribution < 1.29 is 14.3 Å². The zero-order valence-corrected chi connectivity index (χ0v) is 16.2. The molecular weight excluding hydrogens is 372 g/mol. The highest BCUT2D eigenvalue weighted by Gasteiger charge is 2.22. The van der Waals surface area contributed by atoms with Gasteiger partial charge in [-0.2, -0.15) is 5.26 Å². The van der Waals surface area contributed by atoms with Gasteiger partial charge in [0.15, 0.2) is 6.10 Å². The zero-order chi connectivity index (χ0) is 20.1. The number of hydrogen-bond acceptors (Lipinski definition) is 5. The lowest BCUT2D eigenvalue weighted by molar-refractivity contribution is -0.123. The number of carbonyl (C=O) groups excluding carboxylic acids is 2. The summed E-state index contributed by atoms with van der Waals surface area (Å²) in [5.41, 5.74) is 3.75. The van der Waals surface area contributed by atoms with E-state index < -0.39 is 18.0 Å². The number of thiophene rings is 1. The monoisotopic (exact) mass is 390 g/mol. The standard InChI is InChI=1S/C22H18N2O3S/c1-14-6-8-17(9-7-14)19-10-11-28-20(19)22(26)27-15(2)21(25)24-18-5-3-4-16(12-18)13-23/h3-12,15H,1-2H3,(H,24,25)/t15-/m0/s1. The maximum absolute atomic E-state index is 12.6. The Morgan fingerprint density at radius 2 is 1.89 bits per heavy atom. The van der Waals surface area contributed by atoms with Gasteiger partial charge in [0.05, 0.1) is 11.6 Å². The predicted octanol–water partition coefficient (Wildman–Crippen LogP) is 4.78. The minimum absolute atomic E-state index is 0.434. The fourth-order valence-electron chi connectivity index (χ4n) is 2.61. The summed E-state index contributed by atoms with van der Waals surface area (Å²) in [5, 5.41) is 13.4. The van der Waals surface area contributed by atoms with Gasteiger partial charge in [-0.15, -0.1) is 11.3 Å². The van der Waals surface area contributed by atoms with Crippen LogP contribution in [0, 0.1) is 18.3 Å². The molecule has 1 aromatic heterocycles. The van der Waals surface area contributed by atoms with Crippen LogP contribution < -0.4 is 5.32 Å². The summed E-state index contributed by atoms with van der Waals surface area (Å²) in [7, 11) is 0. The Morgan fingerprint density at radius 3 is 2.61 bits per heavy atom. The molecule has 0 aliphatic heterocycles. The first-order chi connectivity index (χ1) is 13.5. The number of nitrogens with one attached hydrogen (secondary N) is 1. The number of anilines is 1. The van der Waals surface area contributed by atoms with Crippen molar-refractivity contribution in [2.24, 2.45) is 0 Å². The molecule has 0 spiro atoms. The SMILES string of the molecule is Cc1ccc(-c2ccsc2C(=O)O[C@@H](C)C(=O)Nc2cccc(C#N)c2)cc1. The van der Waals surface area contributed by atoms with Crippen molar-refractivity contribution >= 4 is 28.9 Å². The number of aryl methyl sites for hydroxylation is 1. The average Bonchev–Trinajstić information content (AvgIpc) is 3.18. The number of hydrogen-bond donors (Lipinski definition) is 1.